The van der Waals surface area contributed by atoms with Gasteiger partial charge >= 0.3 is 0 Å². The van der Waals surface area contributed by atoms with E-state index in [-0.39, 0.29) is 0 Å². The molecule has 1 aromatic rings. The topological polar surface area (TPSA) is 9.23 Å². The van der Waals surface area contributed by atoms with Gasteiger partial charge in [-0.2, -0.15) is 0 Å². The highest BCUT2D eigenvalue weighted by molar-refractivity contribution is 14.2. The highest BCUT2D eigenvalue weighted by Crippen LogP contribution is 2.38. The van der Waals surface area contributed by atoms with Crippen LogP contribution < -0.4 is 4.74 Å². The Hall–Kier alpha value is 1.94. The second-order valence-electron chi connectivity index (χ2n) is 3.36. The molecule has 1 aliphatic heterocycles. The lowest BCUT2D eigenvalue weighted by Gasteiger charge is -2.11. The summed E-state index contributed by atoms with van der Waals surface area (Å²) >= 11 is 9.69. The Morgan fingerprint density at radius 1 is 1.20 bits per heavy atom. The number of alkyl halides is 4. The molecule has 0 spiro atoms. The smallest absolute Gasteiger partial charge is 0.124 e. The fourth-order valence-electron chi connectivity index (χ4n) is 1.55. The first-order valence-electron chi connectivity index (χ1n) is 4.43. The van der Waals surface area contributed by atoms with E-state index >= 15 is 0 Å². The maximum Gasteiger partial charge on any atom is 0.124 e. The number of fused-ring (bicyclic) bond motifs is 1. The number of ether oxygens (including phenoxy) is 1. The Morgan fingerprint density at radius 3 is 2.53 bits per heavy atom. The largest absolute Gasteiger partial charge is 0.488 e. The van der Waals surface area contributed by atoms with Gasteiger partial charge in [-0.05, 0) is 17.2 Å². The van der Waals surface area contributed by atoms with Crippen LogP contribution in [0.1, 0.15) is 13.1 Å². The molecule has 0 bridgehead atoms. The van der Waals surface area contributed by atoms with Crippen LogP contribution in [0.25, 0.3) is 0 Å². The van der Waals surface area contributed by atoms with Crippen LogP contribution in [0.4, 0.5) is 0 Å². The zero-order valence-corrected chi connectivity index (χ0v) is 16.2. The van der Waals surface area contributed by atoms with E-state index in [1.807, 2.05) is 0 Å². The van der Waals surface area contributed by atoms with E-state index < -0.39 is 0 Å². The molecule has 82 valence electrons. The second-order valence-corrected chi connectivity index (χ2v) is 13.3. The van der Waals surface area contributed by atoms with Crippen molar-refractivity contribution in [2.45, 2.75) is 16.4 Å². The van der Waals surface area contributed by atoms with Gasteiger partial charge in [0.1, 0.15) is 11.9 Å². The average molecular weight is 652 g/mol. The summed E-state index contributed by atoms with van der Waals surface area (Å²) in [4.78, 5) is 0. The molecule has 0 fully saturated rings. The minimum atomic E-state index is 0.346. The summed E-state index contributed by atoms with van der Waals surface area (Å²) in [6, 6.07) is 6.61. The molecule has 1 nitrogen and oxygen atoms in total. The van der Waals surface area contributed by atoms with Crippen molar-refractivity contribution in [3.8, 4) is 5.75 Å². The highest BCUT2D eigenvalue weighted by Gasteiger charge is 2.27. The van der Waals surface area contributed by atoms with Gasteiger partial charge in [-0.3, -0.25) is 0 Å². The minimum absolute atomic E-state index is 0.346. The van der Waals surface area contributed by atoms with Gasteiger partial charge in [-0.25, -0.2) is 0 Å². The molecule has 15 heavy (non-hydrogen) atoms. The fourth-order valence-corrected chi connectivity index (χ4v) is 3.12. The minimum Gasteiger partial charge on any atom is -0.488 e. The van der Waals surface area contributed by atoms with Crippen LogP contribution in [0.5, 0.6) is 5.75 Å². The third-order valence-electron chi connectivity index (χ3n) is 2.32. The molecule has 0 N–H and O–H groups in total. The van der Waals surface area contributed by atoms with Crippen molar-refractivity contribution in [1.82, 2.24) is 0 Å². The summed E-state index contributed by atoms with van der Waals surface area (Å²) in [6.45, 7) is 0. The average Bonchev–Trinajstić information content (AvgIpc) is 2.59. The molecule has 0 saturated heterocycles. The van der Waals surface area contributed by atoms with Gasteiger partial charge in [-0.15, -0.1) is 0 Å². The van der Waals surface area contributed by atoms with Gasteiger partial charge in [0, 0.05) is 6.42 Å². The molecule has 0 amide bonds. The first-order valence-corrected chi connectivity index (χ1v) is 9.42. The number of benzene rings is 1. The molecule has 0 aliphatic carbocycles. The fraction of sp³-hybridized carbons (Fsp3) is 0.400. The molecule has 1 aliphatic rings. The molecule has 0 aromatic heterocycles. The SMILES string of the molecule is IC(I)c1ccc2c(c1)OC(C(I)I)C2. The maximum atomic E-state index is 5.94. The second kappa shape index (κ2) is 5.72. The number of hydrogen-bond acceptors (Lipinski definition) is 1. The van der Waals surface area contributed by atoms with Crippen molar-refractivity contribution in [3.63, 3.8) is 0 Å². The molecule has 1 heterocycles. The van der Waals surface area contributed by atoms with Crippen molar-refractivity contribution < 1.29 is 4.74 Å². The predicted molar refractivity (Wildman–Crippen MR) is 97.2 cm³/mol. The third kappa shape index (κ3) is 3.24. The van der Waals surface area contributed by atoms with E-state index in [1.165, 1.54) is 11.1 Å². The summed E-state index contributed by atoms with van der Waals surface area (Å²) in [5, 5.41) is 0. The number of hydrogen-bond donors (Lipinski definition) is 0. The summed E-state index contributed by atoms with van der Waals surface area (Å²) in [6.07, 6.45) is 1.40. The summed E-state index contributed by atoms with van der Waals surface area (Å²) in [5.74, 6) is 1.09. The lowest BCUT2D eigenvalue weighted by atomic mass is 10.1. The van der Waals surface area contributed by atoms with Crippen molar-refractivity contribution in [2.24, 2.45) is 0 Å². The molecular weight excluding hydrogens is 644 g/mol. The monoisotopic (exact) mass is 652 g/mol. The third-order valence-corrected chi connectivity index (χ3v) is 5.37. The standard InChI is InChI=1S/C10H8I4O/c11-9(12)6-2-1-5-3-8(10(13)14)15-7(5)4-6/h1-2,4,8-10H,3H2. The zero-order valence-electron chi connectivity index (χ0n) is 7.59. The van der Waals surface area contributed by atoms with E-state index in [0.717, 1.165) is 12.2 Å². The van der Waals surface area contributed by atoms with E-state index in [1.54, 1.807) is 0 Å². The Kier molecular flexibility index (Phi) is 5.10. The van der Waals surface area contributed by atoms with Crippen molar-refractivity contribution in [2.75, 3.05) is 0 Å². The van der Waals surface area contributed by atoms with Crippen molar-refractivity contribution in [3.05, 3.63) is 29.3 Å². The van der Waals surface area contributed by atoms with Crippen LogP contribution in [0.15, 0.2) is 18.2 Å². The highest BCUT2D eigenvalue weighted by atomic mass is 127. The van der Waals surface area contributed by atoms with Crippen LogP contribution in [0.3, 0.4) is 0 Å². The van der Waals surface area contributed by atoms with Gasteiger partial charge in [0.2, 0.25) is 0 Å². The molecule has 1 aromatic carbocycles. The van der Waals surface area contributed by atoms with Crippen LogP contribution in [0, 0.1) is 0 Å². The number of rotatable bonds is 2. The van der Waals surface area contributed by atoms with Gasteiger partial charge in [0.15, 0.2) is 0 Å². The Bertz CT molecular complexity index is 364. The van der Waals surface area contributed by atoms with Crippen LogP contribution in [-0.2, 0) is 6.42 Å². The normalized spacial score (nSPS) is 19.5. The first-order chi connectivity index (χ1) is 7.08. The van der Waals surface area contributed by atoms with Gasteiger partial charge in [0.05, 0.1) is 3.86 Å². The van der Waals surface area contributed by atoms with Crippen LogP contribution in [-0.4, -0.2) is 8.04 Å². The van der Waals surface area contributed by atoms with Crippen molar-refractivity contribution >= 4 is 90.4 Å². The van der Waals surface area contributed by atoms with Gasteiger partial charge < -0.3 is 4.74 Å². The lowest BCUT2D eigenvalue weighted by molar-refractivity contribution is 0.258. The quantitative estimate of drug-likeness (QED) is 0.321. The molecule has 0 radical (unpaired) electrons. The lowest BCUT2D eigenvalue weighted by Crippen LogP contribution is -2.19. The first kappa shape index (κ1) is 13.4. The molecule has 0 saturated carbocycles. The van der Waals surface area contributed by atoms with E-state index in [4.69, 9.17) is 4.74 Å². The van der Waals surface area contributed by atoms with Gasteiger partial charge in [-0.1, -0.05) is 102 Å². The Morgan fingerprint density at radius 2 is 1.93 bits per heavy atom. The Balaban J connectivity index is 2.24. The maximum absolute atomic E-state index is 5.94. The molecule has 2 rings (SSSR count). The summed E-state index contributed by atoms with van der Waals surface area (Å²) in [5.41, 5.74) is 2.70. The van der Waals surface area contributed by atoms with Crippen LogP contribution >= 0.6 is 90.4 Å². The van der Waals surface area contributed by atoms with E-state index in [9.17, 15) is 0 Å². The molecule has 1 unspecified atom stereocenters. The Labute approximate surface area is 144 Å². The van der Waals surface area contributed by atoms with E-state index in [0.29, 0.717) is 9.97 Å². The van der Waals surface area contributed by atoms with Crippen LogP contribution in [0.2, 0.25) is 0 Å². The molecule has 5 heteroatoms. The molecular formula is C10H8I4O. The zero-order chi connectivity index (χ0) is 11.0. The summed E-state index contributed by atoms with van der Waals surface area (Å²) < 4.78 is 6.99. The number of halogens is 4. The molecule has 1 atom stereocenters. The van der Waals surface area contributed by atoms with E-state index in [2.05, 4.69) is 109 Å². The summed E-state index contributed by atoms with van der Waals surface area (Å²) in [7, 11) is 0. The van der Waals surface area contributed by atoms with Crippen molar-refractivity contribution in [1.29, 1.82) is 0 Å². The predicted octanol–water partition coefficient (Wildman–Crippen LogP) is 5.05. The van der Waals surface area contributed by atoms with Gasteiger partial charge in [0.25, 0.3) is 0 Å².